The molecule has 9 nitrogen and oxygen atoms in total. The number of sulfonamides is 2. The Labute approximate surface area is 237 Å². The lowest BCUT2D eigenvalue weighted by molar-refractivity contribution is -0.120. The van der Waals surface area contributed by atoms with E-state index in [1.165, 1.54) is 46.1 Å². The summed E-state index contributed by atoms with van der Waals surface area (Å²) in [6.07, 6.45) is 1.42. The molecule has 40 heavy (non-hydrogen) atoms. The van der Waals surface area contributed by atoms with Crippen LogP contribution in [-0.4, -0.2) is 53.8 Å². The van der Waals surface area contributed by atoms with Crippen molar-refractivity contribution in [3.8, 4) is 5.75 Å². The second-order valence-electron chi connectivity index (χ2n) is 9.61. The SMILES string of the molecule is COc1ccc(F)cc1S(=O)(=O)N1CCC[C@H](C(=O)Nc2ccc3c(c2)N(S(=O)(=O)c2ccc(Cl)cc2)CC3)C1. The fraction of sp³-hybridized carbons (Fsp3) is 0.296. The number of hydrogen-bond acceptors (Lipinski definition) is 6. The van der Waals surface area contributed by atoms with Gasteiger partial charge in [0.15, 0.2) is 0 Å². The molecule has 1 atom stereocenters. The molecule has 2 aliphatic rings. The zero-order valence-corrected chi connectivity index (χ0v) is 23.9. The number of ether oxygens (including phenoxy) is 1. The van der Waals surface area contributed by atoms with E-state index in [1.807, 2.05) is 0 Å². The number of piperidine rings is 1. The maximum absolute atomic E-state index is 13.9. The number of carbonyl (C=O) groups excluding carboxylic acids is 1. The molecule has 0 spiro atoms. The van der Waals surface area contributed by atoms with Gasteiger partial charge < -0.3 is 10.1 Å². The predicted octanol–water partition coefficient (Wildman–Crippen LogP) is 4.28. The van der Waals surface area contributed by atoms with Gasteiger partial charge in [0.05, 0.1) is 23.6 Å². The molecule has 0 radical (unpaired) electrons. The molecule has 212 valence electrons. The van der Waals surface area contributed by atoms with Crippen LogP contribution in [0.4, 0.5) is 15.8 Å². The fourth-order valence-electron chi connectivity index (χ4n) is 5.02. The molecule has 1 amide bonds. The summed E-state index contributed by atoms with van der Waals surface area (Å²) >= 11 is 5.92. The summed E-state index contributed by atoms with van der Waals surface area (Å²) in [4.78, 5) is 13.0. The van der Waals surface area contributed by atoms with Gasteiger partial charge in [0.1, 0.15) is 16.5 Å². The zero-order chi connectivity index (χ0) is 28.7. The van der Waals surface area contributed by atoms with Crippen molar-refractivity contribution >= 4 is 48.9 Å². The summed E-state index contributed by atoms with van der Waals surface area (Å²) in [5.74, 6) is -1.75. The first kappa shape index (κ1) is 28.3. The molecule has 0 aliphatic carbocycles. The van der Waals surface area contributed by atoms with Crippen LogP contribution in [0.1, 0.15) is 18.4 Å². The normalized spacial score (nSPS) is 17.9. The van der Waals surface area contributed by atoms with Gasteiger partial charge in [-0.25, -0.2) is 21.2 Å². The molecule has 0 bridgehead atoms. The van der Waals surface area contributed by atoms with Crippen molar-refractivity contribution < 1.29 is 30.8 Å². The lowest BCUT2D eigenvalue weighted by Gasteiger charge is -2.31. The highest BCUT2D eigenvalue weighted by molar-refractivity contribution is 7.92. The van der Waals surface area contributed by atoms with E-state index in [2.05, 4.69) is 5.32 Å². The first-order valence-corrected chi connectivity index (χ1v) is 15.8. The van der Waals surface area contributed by atoms with Gasteiger partial charge in [-0.05, 0) is 79.4 Å². The number of hydrogen-bond donors (Lipinski definition) is 1. The largest absolute Gasteiger partial charge is 0.495 e. The molecule has 1 saturated heterocycles. The summed E-state index contributed by atoms with van der Waals surface area (Å²) in [7, 11) is -6.66. The highest BCUT2D eigenvalue weighted by Crippen LogP contribution is 2.36. The van der Waals surface area contributed by atoms with Crippen LogP contribution in [0.5, 0.6) is 5.75 Å². The fourth-order valence-corrected chi connectivity index (χ4v) is 8.33. The molecule has 3 aromatic rings. The van der Waals surface area contributed by atoms with E-state index in [-0.39, 0.29) is 35.2 Å². The van der Waals surface area contributed by atoms with Crippen LogP contribution in [0.3, 0.4) is 0 Å². The minimum absolute atomic E-state index is 0.0178. The minimum atomic E-state index is -4.12. The van der Waals surface area contributed by atoms with Gasteiger partial charge in [0.2, 0.25) is 15.9 Å². The maximum atomic E-state index is 13.9. The molecule has 5 rings (SSSR count). The van der Waals surface area contributed by atoms with Crippen molar-refractivity contribution in [2.24, 2.45) is 5.92 Å². The lowest BCUT2D eigenvalue weighted by atomic mass is 9.98. The molecule has 1 N–H and O–H groups in total. The Morgan fingerprint density at radius 3 is 2.48 bits per heavy atom. The van der Waals surface area contributed by atoms with Gasteiger partial charge >= 0.3 is 0 Å². The molecule has 3 aromatic carbocycles. The lowest BCUT2D eigenvalue weighted by Crippen LogP contribution is -2.43. The van der Waals surface area contributed by atoms with Crippen LogP contribution in [0.25, 0.3) is 0 Å². The quantitative estimate of drug-likeness (QED) is 0.429. The third-order valence-corrected chi connectivity index (χ3v) is 11.1. The second-order valence-corrected chi connectivity index (χ2v) is 13.8. The molecular weight excluding hydrogens is 581 g/mol. The van der Waals surface area contributed by atoms with Gasteiger partial charge in [-0.1, -0.05) is 17.7 Å². The van der Waals surface area contributed by atoms with Gasteiger partial charge in [0.25, 0.3) is 10.0 Å². The van der Waals surface area contributed by atoms with Crippen LogP contribution in [0.15, 0.2) is 70.5 Å². The average molecular weight is 608 g/mol. The van der Waals surface area contributed by atoms with Gasteiger partial charge in [0, 0.05) is 30.3 Å². The van der Waals surface area contributed by atoms with Crippen LogP contribution in [-0.2, 0) is 31.3 Å². The van der Waals surface area contributed by atoms with Crippen LogP contribution in [0.2, 0.25) is 5.02 Å². The third kappa shape index (κ3) is 5.40. The number of nitrogens with one attached hydrogen (secondary N) is 1. The van der Waals surface area contributed by atoms with Gasteiger partial charge in [-0.3, -0.25) is 9.10 Å². The number of nitrogens with zero attached hydrogens (tertiary/aromatic N) is 2. The summed E-state index contributed by atoms with van der Waals surface area (Å²) in [5.41, 5.74) is 1.70. The van der Waals surface area contributed by atoms with Crippen molar-refractivity contribution in [2.75, 3.05) is 36.4 Å². The Morgan fingerprint density at radius 2 is 1.75 bits per heavy atom. The second kappa shape index (κ2) is 11.0. The number of anilines is 2. The molecule has 2 heterocycles. The highest BCUT2D eigenvalue weighted by atomic mass is 35.5. The number of carbonyl (C=O) groups is 1. The summed E-state index contributed by atoms with van der Waals surface area (Å²) in [6, 6.07) is 14.3. The van der Waals surface area contributed by atoms with Crippen molar-refractivity contribution in [1.29, 1.82) is 0 Å². The predicted molar refractivity (Wildman–Crippen MR) is 149 cm³/mol. The number of amides is 1. The van der Waals surface area contributed by atoms with Crippen molar-refractivity contribution in [1.82, 2.24) is 4.31 Å². The van der Waals surface area contributed by atoms with E-state index in [1.54, 1.807) is 18.2 Å². The van der Waals surface area contributed by atoms with Gasteiger partial charge in [-0.2, -0.15) is 4.31 Å². The van der Waals surface area contributed by atoms with E-state index >= 15 is 0 Å². The Kier molecular flexibility index (Phi) is 7.79. The summed E-state index contributed by atoms with van der Waals surface area (Å²) in [6.45, 7) is 0.356. The number of benzene rings is 3. The van der Waals surface area contributed by atoms with E-state index in [9.17, 15) is 26.0 Å². The Balaban J connectivity index is 1.33. The highest BCUT2D eigenvalue weighted by Gasteiger charge is 2.36. The number of methoxy groups -OCH3 is 1. The van der Waals surface area contributed by atoms with Crippen molar-refractivity contribution in [3.05, 3.63) is 77.1 Å². The maximum Gasteiger partial charge on any atom is 0.264 e. The van der Waals surface area contributed by atoms with Gasteiger partial charge in [-0.15, -0.1) is 0 Å². The van der Waals surface area contributed by atoms with E-state index < -0.39 is 37.7 Å². The van der Waals surface area contributed by atoms with Crippen LogP contribution < -0.4 is 14.4 Å². The Bertz CT molecular complexity index is 1670. The van der Waals surface area contributed by atoms with Crippen molar-refractivity contribution in [2.45, 2.75) is 29.1 Å². The minimum Gasteiger partial charge on any atom is -0.495 e. The third-order valence-electron chi connectivity index (χ3n) is 7.11. The molecule has 1 fully saturated rings. The smallest absolute Gasteiger partial charge is 0.264 e. The average Bonchev–Trinajstić information content (AvgIpc) is 3.37. The first-order chi connectivity index (χ1) is 19.0. The molecule has 0 unspecified atom stereocenters. The standard InChI is InChI=1S/C27H27ClFN3O6S2/c1-38-25-11-7-21(29)15-26(25)40(36,37)31-13-2-3-19(17-31)27(33)30-22-8-4-18-12-14-32(24(18)16-22)39(34,35)23-9-5-20(28)6-10-23/h4-11,15-16,19H,2-3,12-14,17H2,1H3,(H,30,33)/t19-/m0/s1. The van der Waals surface area contributed by atoms with Crippen molar-refractivity contribution in [3.63, 3.8) is 0 Å². The molecule has 13 heteroatoms. The first-order valence-electron chi connectivity index (χ1n) is 12.6. The van der Waals surface area contributed by atoms with E-state index in [4.69, 9.17) is 16.3 Å². The summed E-state index contributed by atoms with van der Waals surface area (Å²) in [5, 5.41) is 3.25. The van der Waals surface area contributed by atoms with E-state index in [0.29, 0.717) is 35.7 Å². The van der Waals surface area contributed by atoms with Crippen LogP contribution >= 0.6 is 11.6 Å². The Hall–Kier alpha value is -3.19. The topological polar surface area (TPSA) is 113 Å². The van der Waals surface area contributed by atoms with E-state index in [0.717, 1.165) is 17.7 Å². The molecule has 2 aliphatic heterocycles. The number of rotatable bonds is 7. The Morgan fingerprint density at radius 1 is 1.00 bits per heavy atom. The molecule has 0 saturated carbocycles. The number of fused-ring (bicyclic) bond motifs is 1. The monoisotopic (exact) mass is 607 g/mol. The van der Waals surface area contributed by atoms with Crippen LogP contribution in [0, 0.1) is 11.7 Å². The number of halogens is 2. The molecule has 0 aromatic heterocycles. The zero-order valence-electron chi connectivity index (χ0n) is 21.5. The molecular formula is C27H27ClFN3O6S2. The summed E-state index contributed by atoms with van der Waals surface area (Å²) < 4.78 is 74.7.